The van der Waals surface area contributed by atoms with Crippen molar-refractivity contribution in [3.05, 3.63) is 50.2 Å². The molecule has 1 atom stereocenters. The van der Waals surface area contributed by atoms with Crippen molar-refractivity contribution >= 4 is 17.6 Å². The van der Waals surface area contributed by atoms with Gasteiger partial charge in [0.1, 0.15) is 0 Å². The molecular formula is C13H15N7O4. The van der Waals surface area contributed by atoms with E-state index in [-0.39, 0.29) is 24.3 Å². The third kappa shape index (κ3) is 5.50. The largest absolute Gasteiger partial charge is 0.467 e. The van der Waals surface area contributed by atoms with Crippen LogP contribution < -0.4 is 5.32 Å². The van der Waals surface area contributed by atoms with Crippen LogP contribution in [0.3, 0.4) is 0 Å². The van der Waals surface area contributed by atoms with Crippen molar-refractivity contribution in [3.63, 3.8) is 0 Å². The molecule has 0 saturated carbocycles. The van der Waals surface area contributed by atoms with Gasteiger partial charge in [0.2, 0.25) is 0 Å². The summed E-state index contributed by atoms with van der Waals surface area (Å²) in [4.78, 5) is 28.9. The first-order valence-electron chi connectivity index (χ1n) is 6.64. The van der Waals surface area contributed by atoms with Gasteiger partial charge in [0.25, 0.3) is 5.91 Å². The number of methoxy groups -OCH3 is 2. The third-order valence-electron chi connectivity index (χ3n) is 2.91. The zero-order chi connectivity index (χ0) is 17.9. The lowest BCUT2D eigenvalue weighted by Crippen LogP contribution is -2.38. The van der Waals surface area contributed by atoms with Crippen LogP contribution in [-0.2, 0) is 20.8 Å². The molecule has 11 nitrogen and oxygen atoms in total. The van der Waals surface area contributed by atoms with Gasteiger partial charge in [-0.15, -0.1) is 0 Å². The molecule has 11 heteroatoms. The predicted octanol–water partition coefficient (Wildman–Crippen LogP) is 2.36. The standard InChI is InChI=1S/C13H15N7O4/c1-23-11(13(22)24-2)7-16-12(21)9-3-8(6-17-19-14)4-10(5-9)18-20-15/h3-5,11H,6-7H2,1-2H3,(H,16,21)/t11-/m0/s1. The van der Waals surface area contributed by atoms with Crippen LogP contribution in [0.5, 0.6) is 0 Å². The number of nitrogens with one attached hydrogen (secondary N) is 1. The van der Waals surface area contributed by atoms with E-state index in [0.29, 0.717) is 5.56 Å². The Balaban J connectivity index is 2.95. The van der Waals surface area contributed by atoms with E-state index in [4.69, 9.17) is 15.8 Å². The van der Waals surface area contributed by atoms with Gasteiger partial charge in [-0.25, -0.2) is 4.79 Å². The molecule has 0 aliphatic rings. The Morgan fingerprint density at radius 1 is 1.25 bits per heavy atom. The molecule has 0 spiro atoms. The Morgan fingerprint density at radius 3 is 2.58 bits per heavy atom. The van der Waals surface area contributed by atoms with Gasteiger partial charge in [-0.1, -0.05) is 10.2 Å². The number of nitrogens with zero attached hydrogens (tertiary/aromatic N) is 6. The van der Waals surface area contributed by atoms with E-state index in [1.165, 1.54) is 32.4 Å². The van der Waals surface area contributed by atoms with E-state index < -0.39 is 18.0 Å². The van der Waals surface area contributed by atoms with Crippen molar-refractivity contribution in [1.82, 2.24) is 5.32 Å². The number of carbonyl (C=O) groups is 2. The molecule has 0 fully saturated rings. The maximum atomic E-state index is 12.2. The summed E-state index contributed by atoms with van der Waals surface area (Å²) in [5.74, 6) is -1.14. The number of rotatable bonds is 8. The second-order valence-electron chi connectivity index (χ2n) is 4.42. The molecule has 0 aliphatic heterocycles. The second kappa shape index (κ2) is 9.70. The first-order valence-corrected chi connectivity index (χ1v) is 6.64. The number of esters is 1. The summed E-state index contributed by atoms with van der Waals surface area (Å²) in [6.45, 7) is -0.103. The minimum atomic E-state index is -0.943. The lowest BCUT2D eigenvalue weighted by Gasteiger charge is -2.14. The van der Waals surface area contributed by atoms with Crippen molar-refractivity contribution in [2.45, 2.75) is 12.6 Å². The van der Waals surface area contributed by atoms with E-state index >= 15 is 0 Å². The number of benzene rings is 1. The molecule has 126 valence electrons. The topological polar surface area (TPSA) is 162 Å². The molecule has 0 saturated heterocycles. The number of hydrogen-bond donors (Lipinski definition) is 1. The summed E-state index contributed by atoms with van der Waals surface area (Å²) in [6, 6.07) is 4.35. The summed E-state index contributed by atoms with van der Waals surface area (Å²) in [7, 11) is 2.52. The SMILES string of the molecule is COC(=O)[C@H](CNC(=O)c1cc(CN=[N+]=[N-])cc(N=[N+]=[N-])c1)OC. The lowest BCUT2D eigenvalue weighted by atomic mass is 10.1. The first-order chi connectivity index (χ1) is 11.5. The van der Waals surface area contributed by atoms with Crippen LogP contribution in [0.25, 0.3) is 20.9 Å². The van der Waals surface area contributed by atoms with Gasteiger partial charge in [0, 0.05) is 28.2 Å². The quantitative estimate of drug-likeness (QED) is 0.334. The molecule has 1 amide bonds. The molecule has 1 rings (SSSR count). The van der Waals surface area contributed by atoms with Crippen LogP contribution in [0, 0.1) is 0 Å². The van der Waals surface area contributed by atoms with Gasteiger partial charge in [-0.05, 0) is 34.8 Å². The fraction of sp³-hybridized carbons (Fsp3) is 0.385. The van der Waals surface area contributed by atoms with Crippen molar-refractivity contribution in [2.75, 3.05) is 20.8 Å². The van der Waals surface area contributed by atoms with E-state index in [1.807, 2.05) is 0 Å². The van der Waals surface area contributed by atoms with E-state index in [9.17, 15) is 9.59 Å². The monoisotopic (exact) mass is 333 g/mol. The third-order valence-corrected chi connectivity index (χ3v) is 2.91. The Bertz CT molecular complexity index is 708. The Hall–Kier alpha value is -3.26. The molecular weight excluding hydrogens is 318 g/mol. The van der Waals surface area contributed by atoms with Gasteiger partial charge in [0.05, 0.1) is 20.2 Å². The van der Waals surface area contributed by atoms with E-state index in [2.05, 4.69) is 30.1 Å². The molecule has 1 aromatic rings. The number of ether oxygens (including phenoxy) is 2. The van der Waals surface area contributed by atoms with Crippen LogP contribution in [0.2, 0.25) is 0 Å². The molecule has 24 heavy (non-hydrogen) atoms. The molecule has 0 aliphatic carbocycles. The van der Waals surface area contributed by atoms with Crippen LogP contribution in [-0.4, -0.2) is 38.7 Å². The number of hydrogen-bond acceptors (Lipinski definition) is 6. The van der Waals surface area contributed by atoms with Gasteiger partial charge in [0.15, 0.2) is 6.10 Å². The highest BCUT2D eigenvalue weighted by molar-refractivity contribution is 5.95. The number of carbonyl (C=O) groups excluding carboxylic acids is 2. The number of azide groups is 2. The highest BCUT2D eigenvalue weighted by atomic mass is 16.6. The van der Waals surface area contributed by atoms with Crippen LogP contribution in [0.1, 0.15) is 15.9 Å². The Labute approximate surface area is 136 Å². The highest BCUT2D eigenvalue weighted by Crippen LogP contribution is 2.19. The van der Waals surface area contributed by atoms with Crippen molar-refractivity contribution < 1.29 is 19.1 Å². The second-order valence-corrected chi connectivity index (χ2v) is 4.42. The highest BCUT2D eigenvalue weighted by Gasteiger charge is 2.19. The lowest BCUT2D eigenvalue weighted by molar-refractivity contribution is -0.151. The zero-order valence-electron chi connectivity index (χ0n) is 13.0. The van der Waals surface area contributed by atoms with Crippen LogP contribution >= 0.6 is 0 Å². The summed E-state index contributed by atoms with van der Waals surface area (Å²) >= 11 is 0. The van der Waals surface area contributed by atoms with Crippen molar-refractivity contribution in [1.29, 1.82) is 0 Å². The van der Waals surface area contributed by atoms with Gasteiger partial charge >= 0.3 is 5.97 Å². The molecule has 0 unspecified atom stereocenters. The molecule has 0 bridgehead atoms. The smallest absolute Gasteiger partial charge is 0.336 e. The fourth-order valence-electron chi connectivity index (χ4n) is 1.80. The summed E-state index contributed by atoms with van der Waals surface area (Å²) in [5.41, 5.74) is 17.8. The summed E-state index contributed by atoms with van der Waals surface area (Å²) in [6.07, 6.45) is -0.943. The van der Waals surface area contributed by atoms with Gasteiger partial charge in [-0.2, -0.15) is 0 Å². The average molecular weight is 333 g/mol. The maximum Gasteiger partial charge on any atom is 0.336 e. The van der Waals surface area contributed by atoms with Crippen molar-refractivity contribution in [3.8, 4) is 0 Å². The fourth-order valence-corrected chi connectivity index (χ4v) is 1.80. The molecule has 0 radical (unpaired) electrons. The van der Waals surface area contributed by atoms with Crippen LogP contribution in [0.4, 0.5) is 5.69 Å². The average Bonchev–Trinajstić information content (AvgIpc) is 2.60. The summed E-state index contributed by atoms with van der Waals surface area (Å²) < 4.78 is 9.46. The maximum absolute atomic E-state index is 12.2. The predicted molar refractivity (Wildman–Crippen MR) is 83.2 cm³/mol. The minimum Gasteiger partial charge on any atom is -0.467 e. The minimum absolute atomic E-state index is 0.00553. The van der Waals surface area contributed by atoms with Crippen LogP contribution in [0.15, 0.2) is 28.4 Å². The molecule has 0 heterocycles. The normalized spacial score (nSPS) is 10.8. The molecule has 1 aromatic carbocycles. The number of amides is 1. The summed E-state index contributed by atoms with van der Waals surface area (Å²) in [5, 5.41) is 9.35. The van der Waals surface area contributed by atoms with E-state index in [1.54, 1.807) is 0 Å². The zero-order valence-corrected chi connectivity index (χ0v) is 13.0. The molecule has 1 N–H and O–H groups in total. The molecule has 0 aromatic heterocycles. The first kappa shape index (κ1) is 18.8. The Morgan fingerprint density at radius 2 is 2.00 bits per heavy atom. The van der Waals surface area contributed by atoms with Gasteiger partial charge < -0.3 is 14.8 Å². The van der Waals surface area contributed by atoms with Crippen molar-refractivity contribution in [2.24, 2.45) is 10.2 Å². The Kier molecular flexibility index (Phi) is 7.59. The van der Waals surface area contributed by atoms with Gasteiger partial charge in [-0.3, -0.25) is 4.79 Å². The van der Waals surface area contributed by atoms with E-state index in [0.717, 1.165) is 0 Å².